The summed E-state index contributed by atoms with van der Waals surface area (Å²) in [6, 6.07) is 13.5. The van der Waals surface area contributed by atoms with E-state index in [4.69, 9.17) is 14.6 Å². The molecule has 0 spiro atoms. The van der Waals surface area contributed by atoms with Crippen molar-refractivity contribution in [1.29, 1.82) is 5.26 Å². The number of carbonyl (C=O) groups is 3. The molecule has 51 heavy (non-hydrogen) atoms. The van der Waals surface area contributed by atoms with Crippen LogP contribution in [-0.4, -0.2) is 67.9 Å². The van der Waals surface area contributed by atoms with Gasteiger partial charge in [-0.15, -0.1) is 0 Å². The molecule has 7 atom stereocenters. The zero-order valence-corrected chi connectivity index (χ0v) is 30.2. The lowest BCUT2D eigenvalue weighted by Crippen LogP contribution is -2.62. The topological polar surface area (TPSA) is 144 Å². The van der Waals surface area contributed by atoms with Crippen LogP contribution in [0.1, 0.15) is 79.6 Å². The van der Waals surface area contributed by atoms with E-state index in [9.17, 15) is 24.8 Å². The van der Waals surface area contributed by atoms with Gasteiger partial charge in [-0.25, -0.2) is 9.48 Å². The van der Waals surface area contributed by atoms with Crippen molar-refractivity contribution in [1.82, 2.24) is 14.8 Å². The zero-order chi connectivity index (χ0) is 36.0. The highest BCUT2D eigenvalue weighted by Crippen LogP contribution is 2.68. The number of Topliss-reactive ketones (excluding diaryl/α,β-unsaturated/α-hetero) is 1. The first-order valence-electron chi connectivity index (χ1n) is 17.8. The number of aliphatic hydroxyl groups is 1. The van der Waals surface area contributed by atoms with Crippen molar-refractivity contribution >= 4 is 34.7 Å². The van der Waals surface area contributed by atoms with Crippen LogP contribution in [0.5, 0.6) is 0 Å². The van der Waals surface area contributed by atoms with Crippen LogP contribution in [0.2, 0.25) is 0 Å². The Morgan fingerprint density at radius 3 is 2.76 bits per heavy atom. The number of thioether (sulfide) groups is 1. The van der Waals surface area contributed by atoms with Crippen molar-refractivity contribution in [3.8, 4) is 11.8 Å². The first kappa shape index (κ1) is 35.3. The van der Waals surface area contributed by atoms with Gasteiger partial charge in [0.05, 0.1) is 35.5 Å². The molecule has 0 unspecified atom stereocenters. The van der Waals surface area contributed by atoms with Gasteiger partial charge in [-0.1, -0.05) is 49.4 Å². The van der Waals surface area contributed by atoms with Crippen LogP contribution in [0.25, 0.3) is 11.8 Å². The number of carbonyl (C=O) groups excluding carboxylic acids is 3. The van der Waals surface area contributed by atoms with Crippen molar-refractivity contribution in [2.45, 2.75) is 76.9 Å². The van der Waals surface area contributed by atoms with Crippen LogP contribution < -0.4 is 0 Å². The van der Waals surface area contributed by atoms with E-state index in [-0.39, 0.29) is 46.4 Å². The number of nitriles is 1. The van der Waals surface area contributed by atoms with Crippen LogP contribution in [-0.2, 0) is 31.9 Å². The molecule has 11 heteroatoms. The van der Waals surface area contributed by atoms with Crippen molar-refractivity contribution < 1.29 is 29.0 Å². The Hall–Kier alpha value is -4.11. The van der Waals surface area contributed by atoms with Crippen LogP contribution in [0.4, 0.5) is 0 Å². The fourth-order valence-electron chi connectivity index (χ4n) is 10.2. The number of aryl methyl sites for hydroxylation is 1. The number of esters is 1. The second-order valence-corrected chi connectivity index (χ2v) is 16.0. The molecule has 10 nitrogen and oxygen atoms in total. The van der Waals surface area contributed by atoms with E-state index < -0.39 is 23.1 Å². The smallest absolute Gasteiger partial charge is 0.333 e. The molecular weight excluding hydrogens is 665 g/mol. The lowest BCUT2D eigenvalue weighted by atomic mass is 9.45. The van der Waals surface area contributed by atoms with E-state index >= 15 is 0 Å². The standard InChI is InChI=1S/C40H44N4O6S/c1-38-20-27-23-43-44(29-8-4-7-26(18-29)33(45)12-9-25-6-5-16-42-22-25)32(27)19-28(38)10-11-30-31-13-14-40(37(48)51-17-15-41,50-35(47)24-49-3)39(31,2)21-34(46)36(30)38/h4-8,16,18-19,22-23,30-31,34,36,46H,9-14,17,20-21,24H2,1-3H3/t30-,31-,34-,36+,38-,39-,40-/m0/s1. The first-order chi connectivity index (χ1) is 24.5. The molecule has 1 aromatic carbocycles. The summed E-state index contributed by atoms with van der Waals surface area (Å²) in [5, 5.41) is 25.9. The summed E-state index contributed by atoms with van der Waals surface area (Å²) >= 11 is 0.892. The maximum Gasteiger partial charge on any atom is 0.333 e. The number of hydrogen-bond acceptors (Lipinski definition) is 10. The van der Waals surface area contributed by atoms with E-state index in [2.05, 4.69) is 18.0 Å². The molecule has 1 N–H and O–H groups in total. The maximum absolute atomic E-state index is 13.9. The number of ether oxygens (including phenoxy) is 2. The molecule has 7 rings (SSSR count). The summed E-state index contributed by atoms with van der Waals surface area (Å²) in [4.78, 5) is 44.1. The van der Waals surface area contributed by atoms with Gasteiger partial charge in [-0.2, -0.15) is 10.4 Å². The molecule has 0 amide bonds. The number of methoxy groups -OCH3 is 1. The predicted octanol–water partition coefficient (Wildman–Crippen LogP) is 5.95. The lowest BCUT2D eigenvalue weighted by molar-refractivity contribution is -0.198. The Bertz CT molecular complexity index is 1920. The molecule has 3 aromatic rings. The molecule has 0 radical (unpaired) electrons. The second kappa shape index (κ2) is 13.8. The largest absolute Gasteiger partial charge is 0.448 e. The van der Waals surface area contributed by atoms with Gasteiger partial charge in [-0.05, 0) is 104 Å². The molecule has 4 aliphatic carbocycles. The minimum absolute atomic E-state index is 0.0349. The van der Waals surface area contributed by atoms with E-state index in [0.29, 0.717) is 44.1 Å². The number of hydrogen-bond donors (Lipinski definition) is 1. The minimum atomic E-state index is -1.44. The van der Waals surface area contributed by atoms with Crippen molar-refractivity contribution in [2.24, 2.45) is 28.6 Å². The van der Waals surface area contributed by atoms with E-state index in [1.807, 2.05) is 60.3 Å². The number of benzene rings is 1. The molecule has 0 saturated heterocycles. The summed E-state index contributed by atoms with van der Waals surface area (Å²) in [6.45, 7) is 3.99. The van der Waals surface area contributed by atoms with Crippen LogP contribution in [0.3, 0.4) is 0 Å². The molecule has 2 aromatic heterocycles. The third-order valence-electron chi connectivity index (χ3n) is 12.5. The van der Waals surface area contributed by atoms with E-state index in [1.165, 1.54) is 12.7 Å². The number of aliphatic hydroxyl groups excluding tert-OH is 1. The highest BCUT2D eigenvalue weighted by atomic mass is 32.2. The van der Waals surface area contributed by atoms with Gasteiger partial charge in [0.25, 0.3) is 0 Å². The molecule has 0 aliphatic heterocycles. The van der Waals surface area contributed by atoms with Crippen LogP contribution in [0.15, 0.2) is 60.6 Å². The highest BCUT2D eigenvalue weighted by molar-refractivity contribution is 8.14. The molecule has 3 fully saturated rings. The fraction of sp³-hybridized carbons (Fsp3) is 0.500. The Morgan fingerprint density at radius 2 is 2.00 bits per heavy atom. The summed E-state index contributed by atoms with van der Waals surface area (Å²) in [5.41, 5.74) is 3.32. The third-order valence-corrected chi connectivity index (χ3v) is 13.3. The molecule has 2 heterocycles. The van der Waals surface area contributed by atoms with Crippen LogP contribution >= 0.6 is 11.8 Å². The van der Waals surface area contributed by atoms with Crippen LogP contribution in [0, 0.1) is 39.9 Å². The van der Waals surface area contributed by atoms with Gasteiger partial charge >= 0.3 is 5.97 Å². The second-order valence-electron chi connectivity index (χ2n) is 15.1. The Morgan fingerprint density at radius 1 is 1.16 bits per heavy atom. The summed E-state index contributed by atoms with van der Waals surface area (Å²) in [7, 11) is 1.41. The third kappa shape index (κ3) is 5.95. The fourth-order valence-corrected chi connectivity index (χ4v) is 11.0. The zero-order valence-electron chi connectivity index (χ0n) is 29.3. The molecular formula is C40H44N4O6S. The van der Waals surface area contributed by atoms with Gasteiger partial charge in [0.2, 0.25) is 5.12 Å². The Kier molecular flexibility index (Phi) is 9.54. The average molecular weight is 709 g/mol. The minimum Gasteiger partial charge on any atom is -0.448 e. The Labute approximate surface area is 302 Å². The van der Waals surface area contributed by atoms with Crippen molar-refractivity contribution in [2.75, 3.05) is 19.5 Å². The van der Waals surface area contributed by atoms with E-state index in [0.717, 1.165) is 47.1 Å². The number of nitrogens with zero attached hydrogens (tertiary/aromatic N) is 4. The Balaban J connectivity index is 1.15. The monoisotopic (exact) mass is 708 g/mol. The van der Waals surface area contributed by atoms with Gasteiger partial charge < -0.3 is 14.6 Å². The normalized spacial score (nSPS) is 30.5. The van der Waals surface area contributed by atoms with E-state index in [1.54, 1.807) is 12.4 Å². The SMILES string of the molecule is COCC(=O)O[C@]1(C(=O)SCC#N)CC[C@H]2[C@@H]3CCC4=Cc5c(cnn5-c5cccc(C(=O)CCc6cccnc6)c5)C[C@]4(C)[C@H]3[C@@H](O)C[C@@]21C. The molecule has 0 bridgehead atoms. The number of allylic oxidation sites excluding steroid dienone is 1. The molecule has 266 valence electrons. The molecule has 3 saturated carbocycles. The number of rotatable bonds is 10. The highest BCUT2D eigenvalue weighted by Gasteiger charge is 2.70. The quantitative estimate of drug-likeness (QED) is 0.198. The average Bonchev–Trinajstić information content (AvgIpc) is 3.66. The van der Waals surface area contributed by atoms with Gasteiger partial charge in [0.15, 0.2) is 11.4 Å². The van der Waals surface area contributed by atoms with Gasteiger partial charge in [0.1, 0.15) is 6.61 Å². The summed E-state index contributed by atoms with van der Waals surface area (Å²) in [5.74, 6) is -0.469. The maximum atomic E-state index is 13.9. The number of aromatic nitrogens is 3. The summed E-state index contributed by atoms with van der Waals surface area (Å²) in [6.07, 6.45) is 11.7. The summed E-state index contributed by atoms with van der Waals surface area (Å²) < 4.78 is 13.0. The molecule has 4 aliphatic rings. The van der Waals surface area contributed by atoms with Crippen molar-refractivity contribution in [3.05, 3.63) is 82.9 Å². The number of ketones is 1. The van der Waals surface area contributed by atoms with Gasteiger partial charge in [-0.3, -0.25) is 14.6 Å². The van der Waals surface area contributed by atoms with Crippen molar-refractivity contribution in [3.63, 3.8) is 0 Å². The first-order valence-corrected chi connectivity index (χ1v) is 18.8. The lowest BCUT2D eigenvalue weighted by Gasteiger charge is -2.60. The van der Waals surface area contributed by atoms with Gasteiger partial charge in [0, 0.05) is 36.9 Å². The number of pyridine rings is 1. The number of fused-ring (bicyclic) bond motifs is 6. The predicted molar refractivity (Wildman–Crippen MR) is 192 cm³/mol.